The Morgan fingerprint density at radius 2 is 1.79 bits per heavy atom. The van der Waals surface area contributed by atoms with Crippen molar-refractivity contribution in [1.29, 1.82) is 0 Å². The number of carbonyl (C=O) groups is 1. The van der Waals surface area contributed by atoms with Crippen molar-refractivity contribution in [3.05, 3.63) is 72.8 Å². The minimum Gasteiger partial charge on any atom is -0.396 e. The maximum atomic E-state index is 13.0. The van der Waals surface area contributed by atoms with Crippen molar-refractivity contribution in [2.45, 2.75) is 0 Å². The number of aromatic nitrogens is 5. The highest BCUT2D eigenvalue weighted by Crippen LogP contribution is 2.23. The van der Waals surface area contributed by atoms with E-state index in [4.69, 9.17) is 5.73 Å². The number of nitrogen functional groups attached to an aromatic ring is 1. The first-order valence-electron chi connectivity index (χ1n) is 8.64. The van der Waals surface area contributed by atoms with Crippen LogP contribution in [0.25, 0.3) is 22.4 Å². The Morgan fingerprint density at radius 3 is 2.45 bits per heavy atom. The summed E-state index contributed by atoms with van der Waals surface area (Å²) >= 11 is 0. The third kappa shape index (κ3) is 3.93. The summed E-state index contributed by atoms with van der Waals surface area (Å²) in [7, 11) is 1.83. The van der Waals surface area contributed by atoms with Gasteiger partial charge in [-0.05, 0) is 30.3 Å². The molecule has 4 aromatic heterocycles. The van der Waals surface area contributed by atoms with E-state index in [1.54, 1.807) is 47.4 Å². The van der Waals surface area contributed by atoms with Crippen LogP contribution < -0.4 is 11.1 Å². The molecule has 0 atom stereocenters. The number of halogens is 1. The van der Waals surface area contributed by atoms with Crippen molar-refractivity contribution >= 4 is 17.4 Å². The number of amides is 1. The first-order chi connectivity index (χ1) is 14.0. The fraction of sp³-hybridized carbons (Fsp3) is 0.0500. The molecule has 0 aliphatic carbocycles. The molecule has 8 nitrogen and oxygen atoms in total. The molecule has 144 valence electrons. The Kier molecular flexibility index (Phi) is 4.70. The summed E-state index contributed by atoms with van der Waals surface area (Å²) < 4.78 is 14.7. The average Bonchev–Trinajstić information content (AvgIpc) is 3.17. The molecule has 1 amide bonds. The molecule has 4 rings (SSSR count). The smallest absolute Gasteiger partial charge is 0.275 e. The summed E-state index contributed by atoms with van der Waals surface area (Å²) in [5, 5.41) is 6.78. The number of rotatable bonds is 4. The molecule has 0 radical (unpaired) electrons. The quantitative estimate of drug-likeness (QED) is 0.519. The molecule has 29 heavy (non-hydrogen) atoms. The Morgan fingerprint density at radius 1 is 1.00 bits per heavy atom. The number of pyridine rings is 3. The summed E-state index contributed by atoms with van der Waals surface area (Å²) in [6.45, 7) is 0. The van der Waals surface area contributed by atoms with Gasteiger partial charge in [0.15, 0.2) is 5.82 Å². The minimum absolute atomic E-state index is 0.190. The minimum atomic E-state index is -0.585. The second kappa shape index (κ2) is 7.47. The van der Waals surface area contributed by atoms with Crippen LogP contribution in [-0.2, 0) is 7.05 Å². The van der Waals surface area contributed by atoms with Crippen molar-refractivity contribution in [3.8, 4) is 22.4 Å². The van der Waals surface area contributed by atoms with Gasteiger partial charge >= 0.3 is 0 Å². The summed E-state index contributed by atoms with van der Waals surface area (Å²) in [6, 6.07) is 9.46. The van der Waals surface area contributed by atoms with Crippen molar-refractivity contribution in [1.82, 2.24) is 24.7 Å². The van der Waals surface area contributed by atoms with Crippen LogP contribution in [0, 0.1) is 5.95 Å². The van der Waals surface area contributed by atoms with Crippen molar-refractivity contribution < 1.29 is 9.18 Å². The van der Waals surface area contributed by atoms with E-state index >= 15 is 0 Å². The Bertz CT molecular complexity index is 1170. The van der Waals surface area contributed by atoms with E-state index in [1.165, 1.54) is 12.3 Å². The highest BCUT2D eigenvalue weighted by Gasteiger charge is 2.13. The molecule has 9 heteroatoms. The lowest BCUT2D eigenvalue weighted by Gasteiger charge is -2.09. The second-order valence-electron chi connectivity index (χ2n) is 6.29. The average molecular weight is 389 g/mol. The van der Waals surface area contributed by atoms with Gasteiger partial charge in [0.05, 0.1) is 17.6 Å². The highest BCUT2D eigenvalue weighted by atomic mass is 19.1. The fourth-order valence-electron chi connectivity index (χ4n) is 2.70. The first-order valence-corrected chi connectivity index (χ1v) is 8.64. The molecule has 0 spiro atoms. The van der Waals surface area contributed by atoms with Crippen LogP contribution in [-0.4, -0.2) is 30.6 Å². The predicted octanol–water partition coefficient (Wildman–Crippen LogP) is 2.91. The molecule has 3 N–H and O–H groups in total. The van der Waals surface area contributed by atoms with Gasteiger partial charge in [0.1, 0.15) is 5.69 Å². The number of hydrogen-bond donors (Lipinski definition) is 2. The number of nitrogens with one attached hydrogen (secondary N) is 1. The zero-order valence-electron chi connectivity index (χ0n) is 15.4. The number of nitrogens with two attached hydrogens (primary N) is 1. The topological polar surface area (TPSA) is 112 Å². The van der Waals surface area contributed by atoms with Gasteiger partial charge in [-0.25, -0.2) is 9.97 Å². The molecular formula is C20H16FN7O. The van der Waals surface area contributed by atoms with E-state index in [0.717, 1.165) is 11.1 Å². The number of hydrogen-bond acceptors (Lipinski definition) is 6. The number of nitrogens with zero attached hydrogens (tertiary/aromatic N) is 5. The van der Waals surface area contributed by atoms with Gasteiger partial charge in [-0.3, -0.25) is 14.5 Å². The van der Waals surface area contributed by atoms with E-state index in [-0.39, 0.29) is 11.5 Å². The van der Waals surface area contributed by atoms with Crippen LogP contribution in [0.3, 0.4) is 0 Å². The lowest BCUT2D eigenvalue weighted by Crippen LogP contribution is -2.16. The molecule has 0 unspecified atom stereocenters. The molecule has 0 saturated carbocycles. The molecule has 0 saturated heterocycles. The standard InChI is InChI=1S/C20H16FN7O/c1-28-11-14(10-25-28)12-2-5-17(23-8-12)20(29)27-19-15(22)4-6-16(26-19)13-3-7-18(21)24-9-13/h2-11H,22H2,1H3,(H,26,27,29). The first kappa shape index (κ1) is 18.2. The van der Waals surface area contributed by atoms with E-state index in [9.17, 15) is 9.18 Å². The zero-order valence-corrected chi connectivity index (χ0v) is 15.4. The van der Waals surface area contributed by atoms with Gasteiger partial charge in [0.25, 0.3) is 5.91 Å². The largest absolute Gasteiger partial charge is 0.396 e. The van der Waals surface area contributed by atoms with Crippen LogP contribution in [0.5, 0.6) is 0 Å². The zero-order chi connectivity index (χ0) is 20.4. The van der Waals surface area contributed by atoms with Gasteiger partial charge in [-0.1, -0.05) is 6.07 Å². The molecule has 0 aromatic carbocycles. The SMILES string of the molecule is Cn1cc(-c2ccc(C(=O)Nc3nc(-c4ccc(F)nc4)ccc3N)nc2)cn1. The van der Waals surface area contributed by atoms with Crippen LogP contribution in [0.15, 0.2) is 61.2 Å². The molecule has 0 fully saturated rings. The molecular weight excluding hydrogens is 373 g/mol. The van der Waals surface area contributed by atoms with Crippen molar-refractivity contribution in [3.63, 3.8) is 0 Å². The normalized spacial score (nSPS) is 10.7. The summed E-state index contributed by atoms with van der Waals surface area (Å²) in [4.78, 5) is 24.7. The van der Waals surface area contributed by atoms with Crippen molar-refractivity contribution in [2.24, 2.45) is 7.05 Å². The maximum Gasteiger partial charge on any atom is 0.275 e. The van der Waals surface area contributed by atoms with Crippen LogP contribution in [0.1, 0.15) is 10.5 Å². The third-order valence-electron chi connectivity index (χ3n) is 4.22. The van der Waals surface area contributed by atoms with E-state index < -0.39 is 11.9 Å². The van der Waals surface area contributed by atoms with Crippen LogP contribution in [0.2, 0.25) is 0 Å². The Labute approximate surface area is 165 Å². The number of aryl methyl sites for hydroxylation is 1. The van der Waals surface area contributed by atoms with Crippen molar-refractivity contribution in [2.75, 3.05) is 11.1 Å². The summed E-state index contributed by atoms with van der Waals surface area (Å²) in [5.74, 6) is -0.843. The van der Waals surface area contributed by atoms with Gasteiger partial charge < -0.3 is 11.1 Å². The summed E-state index contributed by atoms with van der Waals surface area (Å²) in [5.41, 5.74) is 9.30. The Balaban J connectivity index is 1.55. The van der Waals surface area contributed by atoms with Gasteiger partial charge in [-0.15, -0.1) is 0 Å². The Hall–Kier alpha value is -4.14. The molecule has 0 aliphatic heterocycles. The predicted molar refractivity (Wildman–Crippen MR) is 106 cm³/mol. The lowest BCUT2D eigenvalue weighted by atomic mass is 10.1. The fourth-order valence-corrected chi connectivity index (χ4v) is 2.70. The highest BCUT2D eigenvalue weighted by molar-refractivity contribution is 6.04. The second-order valence-corrected chi connectivity index (χ2v) is 6.29. The monoisotopic (exact) mass is 389 g/mol. The van der Waals surface area contributed by atoms with Gasteiger partial charge in [-0.2, -0.15) is 9.49 Å². The van der Waals surface area contributed by atoms with E-state index in [1.807, 2.05) is 13.2 Å². The number of carbonyl (C=O) groups excluding carboxylic acids is 1. The maximum absolute atomic E-state index is 13.0. The van der Waals surface area contributed by atoms with Crippen LogP contribution in [0.4, 0.5) is 15.9 Å². The van der Waals surface area contributed by atoms with E-state index in [2.05, 4.69) is 25.4 Å². The third-order valence-corrected chi connectivity index (χ3v) is 4.22. The lowest BCUT2D eigenvalue weighted by molar-refractivity contribution is 0.102. The van der Waals surface area contributed by atoms with Crippen LogP contribution >= 0.6 is 0 Å². The molecule has 0 bridgehead atoms. The van der Waals surface area contributed by atoms with E-state index in [0.29, 0.717) is 16.9 Å². The van der Waals surface area contributed by atoms with Gasteiger partial charge in [0, 0.05) is 42.3 Å². The molecule has 0 aliphatic rings. The van der Waals surface area contributed by atoms with Gasteiger partial charge in [0.2, 0.25) is 5.95 Å². The number of anilines is 2. The molecule has 4 heterocycles. The summed E-state index contributed by atoms with van der Waals surface area (Å²) in [6.07, 6.45) is 6.54. The molecule has 4 aromatic rings.